The molecule has 340 valence electrons. The highest BCUT2D eigenvalue weighted by Crippen LogP contribution is 2.14. The minimum Gasteiger partial charge on any atom is -0.444 e. The maximum Gasteiger partial charge on any atom is 0.408 e. The number of rotatable bonds is 24. The molecule has 0 aliphatic rings. The van der Waals surface area contributed by atoms with Crippen molar-refractivity contribution in [2.24, 2.45) is 5.92 Å². The van der Waals surface area contributed by atoms with Gasteiger partial charge in [0.2, 0.25) is 17.7 Å². The normalized spacial score (nSPS) is 13.5. The van der Waals surface area contributed by atoms with E-state index >= 15 is 0 Å². The Balaban J connectivity index is 2.38. The number of nitrogens with one attached hydrogen (secondary N) is 5. The maximum absolute atomic E-state index is 14.3. The Morgan fingerprint density at radius 1 is 0.607 bits per heavy atom. The first-order chi connectivity index (χ1) is 28.7. The number of hydrogen-bond acceptors (Lipinski definition) is 9. The van der Waals surface area contributed by atoms with E-state index < -0.39 is 71.2 Å². The molecule has 2 aromatic rings. The molecule has 0 aliphatic heterocycles. The van der Waals surface area contributed by atoms with Gasteiger partial charge in [0.05, 0.1) is 7.11 Å². The Labute approximate surface area is 363 Å². The summed E-state index contributed by atoms with van der Waals surface area (Å²) in [6.07, 6.45) is 2.82. The molecule has 0 saturated heterocycles. The molecule has 2 rings (SSSR count). The van der Waals surface area contributed by atoms with Crippen molar-refractivity contribution in [2.75, 3.05) is 20.2 Å². The average Bonchev–Trinajstić information content (AvgIpc) is 3.17. The molecule has 0 saturated carbocycles. The van der Waals surface area contributed by atoms with Gasteiger partial charge in [0, 0.05) is 25.9 Å². The van der Waals surface area contributed by atoms with Gasteiger partial charge in [-0.2, -0.15) is 0 Å². The molecule has 0 aliphatic carbocycles. The second-order valence-electron chi connectivity index (χ2n) is 17.6. The zero-order valence-corrected chi connectivity index (χ0v) is 38.1. The fourth-order valence-corrected chi connectivity index (χ4v) is 6.29. The second-order valence-corrected chi connectivity index (χ2v) is 17.6. The van der Waals surface area contributed by atoms with Crippen molar-refractivity contribution < 1.29 is 43.1 Å². The van der Waals surface area contributed by atoms with Crippen LogP contribution < -0.4 is 26.6 Å². The molecule has 15 heteroatoms. The number of ether oxygens (including phenoxy) is 2. The van der Waals surface area contributed by atoms with E-state index in [0.717, 1.165) is 24.0 Å². The molecule has 0 spiro atoms. The van der Waals surface area contributed by atoms with E-state index in [1.807, 2.05) is 74.5 Å². The van der Waals surface area contributed by atoms with Gasteiger partial charge < -0.3 is 36.1 Å². The Bertz CT molecular complexity index is 1660. The Kier molecular flexibility index (Phi) is 22.3. The number of unbranched alkanes of at least 4 members (excludes halogenated alkanes) is 3. The van der Waals surface area contributed by atoms with E-state index in [4.69, 9.17) is 14.3 Å². The average molecular weight is 853 g/mol. The van der Waals surface area contributed by atoms with Crippen LogP contribution in [-0.4, -0.2) is 96.4 Å². The quantitative estimate of drug-likeness (QED) is 0.0610. The third-order valence-corrected chi connectivity index (χ3v) is 9.18. The monoisotopic (exact) mass is 853 g/mol. The molecule has 2 aromatic carbocycles. The molecule has 0 aromatic heterocycles. The number of benzene rings is 2. The van der Waals surface area contributed by atoms with Crippen LogP contribution in [0.4, 0.5) is 9.59 Å². The third-order valence-electron chi connectivity index (χ3n) is 9.18. The van der Waals surface area contributed by atoms with Crippen molar-refractivity contribution in [3.8, 4) is 0 Å². The smallest absolute Gasteiger partial charge is 0.408 e. The lowest BCUT2D eigenvalue weighted by Gasteiger charge is -2.29. The number of alkyl carbamates (subject to hydrolysis) is 2. The van der Waals surface area contributed by atoms with Gasteiger partial charge in [-0.25, -0.2) is 14.7 Å². The van der Waals surface area contributed by atoms with Gasteiger partial charge in [-0.3, -0.25) is 24.0 Å². The Hall–Kier alpha value is -5.18. The molecule has 0 fully saturated rings. The van der Waals surface area contributed by atoms with Crippen LogP contribution in [0.15, 0.2) is 60.7 Å². The highest BCUT2D eigenvalue weighted by Gasteiger charge is 2.34. The molecule has 0 heterocycles. The van der Waals surface area contributed by atoms with Crippen LogP contribution in [0.3, 0.4) is 0 Å². The first kappa shape index (κ1) is 52.0. The fraction of sp³-hybridized carbons (Fsp3) is 0.609. The molecule has 0 radical (unpaired) electrons. The van der Waals surface area contributed by atoms with Crippen molar-refractivity contribution in [3.63, 3.8) is 0 Å². The minimum absolute atomic E-state index is 0.0518. The summed E-state index contributed by atoms with van der Waals surface area (Å²) in [5.74, 6) is -2.30. The highest BCUT2D eigenvalue weighted by molar-refractivity contribution is 5.95. The summed E-state index contributed by atoms with van der Waals surface area (Å²) in [5.41, 5.74) is 0.0601. The van der Waals surface area contributed by atoms with Gasteiger partial charge >= 0.3 is 12.2 Å². The molecule has 0 bridgehead atoms. The van der Waals surface area contributed by atoms with Crippen LogP contribution in [0.2, 0.25) is 0 Å². The lowest BCUT2D eigenvalue weighted by Crippen LogP contribution is -2.59. The number of carbonyl (C=O) groups excluding carboxylic acids is 6. The first-order valence-electron chi connectivity index (χ1n) is 21.5. The Morgan fingerprint density at radius 3 is 1.57 bits per heavy atom. The van der Waals surface area contributed by atoms with E-state index in [0.29, 0.717) is 32.4 Å². The molecule has 15 nitrogen and oxygen atoms in total. The molecule has 6 amide bonds. The SMILES string of the molecule is CCCCCN(OC)C(=O)[C@@H](CCCCNC(=O)OC(C)(C)C)NC(=O)[C@@H](CC(C)C)NC(=O)[C@@H](Cc1ccccc1)NC(=O)[C@@H](Cc1ccccc1)NC(=O)OC(C)(C)C. The lowest BCUT2D eigenvalue weighted by molar-refractivity contribution is -0.179. The van der Waals surface area contributed by atoms with Crippen molar-refractivity contribution >= 4 is 35.8 Å². The summed E-state index contributed by atoms with van der Waals surface area (Å²) >= 11 is 0. The van der Waals surface area contributed by atoms with E-state index in [2.05, 4.69) is 33.5 Å². The van der Waals surface area contributed by atoms with Crippen LogP contribution >= 0.6 is 0 Å². The van der Waals surface area contributed by atoms with Crippen LogP contribution in [-0.2, 0) is 46.3 Å². The van der Waals surface area contributed by atoms with Gasteiger partial charge in [-0.15, -0.1) is 0 Å². The van der Waals surface area contributed by atoms with Crippen LogP contribution in [0.25, 0.3) is 0 Å². The van der Waals surface area contributed by atoms with E-state index in [1.165, 1.54) is 12.2 Å². The van der Waals surface area contributed by atoms with E-state index in [9.17, 15) is 28.8 Å². The summed E-state index contributed by atoms with van der Waals surface area (Å²) in [7, 11) is 1.41. The van der Waals surface area contributed by atoms with Gasteiger partial charge in [0.1, 0.15) is 35.4 Å². The zero-order chi connectivity index (χ0) is 45.6. The van der Waals surface area contributed by atoms with Gasteiger partial charge in [-0.05, 0) is 90.7 Å². The summed E-state index contributed by atoms with van der Waals surface area (Å²) < 4.78 is 10.8. The van der Waals surface area contributed by atoms with Crippen LogP contribution in [0.1, 0.15) is 118 Å². The summed E-state index contributed by atoms with van der Waals surface area (Å²) in [5, 5.41) is 15.3. The Morgan fingerprint density at radius 2 is 1.08 bits per heavy atom. The maximum atomic E-state index is 14.3. The number of hydroxylamine groups is 2. The van der Waals surface area contributed by atoms with Crippen molar-refractivity contribution in [2.45, 2.75) is 155 Å². The molecular weight excluding hydrogens is 781 g/mol. The number of nitrogens with zero attached hydrogens (tertiary/aromatic N) is 1. The van der Waals surface area contributed by atoms with Gasteiger partial charge in [0.25, 0.3) is 5.91 Å². The molecule has 61 heavy (non-hydrogen) atoms. The lowest BCUT2D eigenvalue weighted by atomic mass is 9.99. The van der Waals surface area contributed by atoms with Crippen molar-refractivity contribution in [1.29, 1.82) is 0 Å². The van der Waals surface area contributed by atoms with Gasteiger partial charge in [-0.1, -0.05) is 94.3 Å². The number of carbonyl (C=O) groups is 6. The number of hydrogen-bond donors (Lipinski definition) is 5. The molecule has 4 atom stereocenters. The van der Waals surface area contributed by atoms with Crippen LogP contribution in [0.5, 0.6) is 0 Å². The molecule has 5 N–H and O–H groups in total. The fourth-order valence-electron chi connectivity index (χ4n) is 6.29. The highest BCUT2D eigenvalue weighted by atomic mass is 16.7. The minimum atomic E-state index is -1.16. The summed E-state index contributed by atoms with van der Waals surface area (Å²) in [6.45, 7) is 17.0. The van der Waals surface area contributed by atoms with E-state index in [1.54, 1.807) is 41.5 Å². The zero-order valence-electron chi connectivity index (χ0n) is 38.1. The van der Waals surface area contributed by atoms with Crippen molar-refractivity contribution in [3.05, 3.63) is 71.8 Å². The van der Waals surface area contributed by atoms with Crippen LogP contribution in [0, 0.1) is 5.92 Å². The molecule has 0 unspecified atom stereocenters. The second kappa shape index (κ2) is 26.2. The number of amides is 6. The first-order valence-corrected chi connectivity index (χ1v) is 21.5. The topological polar surface area (TPSA) is 193 Å². The summed E-state index contributed by atoms with van der Waals surface area (Å²) in [6, 6.07) is 13.9. The predicted octanol–water partition coefficient (Wildman–Crippen LogP) is 6.14. The summed E-state index contributed by atoms with van der Waals surface area (Å²) in [4.78, 5) is 87.1. The van der Waals surface area contributed by atoms with E-state index in [-0.39, 0.29) is 31.6 Å². The van der Waals surface area contributed by atoms with Crippen molar-refractivity contribution in [1.82, 2.24) is 31.6 Å². The standard InChI is InChI=1S/C46H72N6O9/c1-11-12-21-28-52(59-10)42(56)35(26-19-20-27-47-43(57)60-45(4,5)6)48-39(53)36(29-32(2)3)49-40(54)37(30-33-22-15-13-16-23-33)50-41(55)38(31-34-24-17-14-18-25-34)51-44(58)61-46(7,8)9/h13-18,22-25,32,35-38H,11-12,19-21,26-31H2,1-10H3,(H,47,57)(H,48,53)(H,49,54)(H,50,55)(H,51,58)/t35-,36-,37-,38-/m1/s1. The molecular formula is C46H72N6O9. The van der Waals surface area contributed by atoms with Gasteiger partial charge in [0.15, 0.2) is 0 Å². The predicted molar refractivity (Wildman–Crippen MR) is 235 cm³/mol. The largest absolute Gasteiger partial charge is 0.444 e. The third kappa shape index (κ3) is 21.8.